The van der Waals surface area contributed by atoms with Crippen molar-refractivity contribution in [2.45, 2.75) is 46.6 Å². The Hall–Kier alpha value is -2.76. The normalized spacial score (nSPS) is 11.9. The van der Waals surface area contributed by atoms with Gasteiger partial charge in [-0.1, -0.05) is 26.0 Å². The van der Waals surface area contributed by atoms with Gasteiger partial charge in [-0.15, -0.1) is 0 Å². The van der Waals surface area contributed by atoms with Gasteiger partial charge in [0.25, 0.3) is 11.8 Å². The van der Waals surface area contributed by atoms with Crippen molar-refractivity contribution in [3.8, 4) is 5.75 Å². The topological polar surface area (TPSA) is 80.6 Å². The minimum Gasteiger partial charge on any atom is -0.481 e. The van der Waals surface area contributed by atoms with Crippen molar-refractivity contribution in [2.24, 2.45) is 0 Å². The molecule has 0 aliphatic rings. The first-order chi connectivity index (χ1) is 11.8. The van der Waals surface area contributed by atoms with Gasteiger partial charge < -0.3 is 9.15 Å². The van der Waals surface area contributed by atoms with E-state index in [0.29, 0.717) is 23.0 Å². The molecule has 6 nitrogen and oxygen atoms in total. The molecule has 0 radical (unpaired) electrons. The molecule has 0 spiro atoms. The first-order valence-electron chi connectivity index (χ1n) is 8.21. The van der Waals surface area contributed by atoms with Gasteiger partial charge in [0.15, 0.2) is 6.10 Å². The first kappa shape index (κ1) is 18.6. The Morgan fingerprint density at radius 3 is 2.40 bits per heavy atom. The van der Waals surface area contributed by atoms with E-state index in [4.69, 9.17) is 9.15 Å². The van der Waals surface area contributed by atoms with E-state index in [1.54, 1.807) is 13.8 Å². The average molecular weight is 344 g/mol. The van der Waals surface area contributed by atoms with Crippen LogP contribution < -0.4 is 15.6 Å². The molecule has 2 rings (SSSR count). The molecule has 6 heteroatoms. The second-order valence-corrected chi connectivity index (χ2v) is 6.27. The lowest BCUT2D eigenvalue weighted by molar-refractivity contribution is -0.128. The quantitative estimate of drug-likeness (QED) is 0.816. The Morgan fingerprint density at radius 2 is 1.80 bits per heavy atom. The summed E-state index contributed by atoms with van der Waals surface area (Å²) in [5, 5.41) is 0. The third-order valence-corrected chi connectivity index (χ3v) is 3.95. The van der Waals surface area contributed by atoms with Gasteiger partial charge in [0.1, 0.15) is 11.5 Å². The molecule has 0 unspecified atom stereocenters. The third kappa shape index (κ3) is 4.62. The number of amides is 2. The van der Waals surface area contributed by atoms with E-state index in [9.17, 15) is 9.59 Å². The van der Waals surface area contributed by atoms with E-state index in [-0.39, 0.29) is 0 Å². The molecule has 0 bridgehead atoms. The van der Waals surface area contributed by atoms with Crippen LogP contribution in [0.25, 0.3) is 0 Å². The number of furan rings is 1. The van der Waals surface area contributed by atoms with Crippen molar-refractivity contribution in [2.75, 3.05) is 0 Å². The minimum absolute atomic E-state index is 0.365. The fraction of sp³-hybridized carbons (Fsp3) is 0.368. The number of hydrogen-bond donors (Lipinski definition) is 2. The van der Waals surface area contributed by atoms with E-state index < -0.39 is 17.9 Å². The molecular weight excluding hydrogens is 320 g/mol. The van der Waals surface area contributed by atoms with Crippen LogP contribution >= 0.6 is 0 Å². The summed E-state index contributed by atoms with van der Waals surface area (Å²) in [4.78, 5) is 24.1. The van der Waals surface area contributed by atoms with Crippen molar-refractivity contribution in [1.82, 2.24) is 10.9 Å². The Bertz CT molecular complexity index is 765. The second kappa shape index (κ2) is 7.88. The number of hydrazine groups is 1. The lowest BCUT2D eigenvalue weighted by Gasteiger charge is -2.18. The van der Waals surface area contributed by atoms with Crippen LogP contribution in [0.3, 0.4) is 0 Å². The van der Waals surface area contributed by atoms with Crippen molar-refractivity contribution in [1.29, 1.82) is 0 Å². The van der Waals surface area contributed by atoms with Gasteiger partial charge in [-0.2, -0.15) is 0 Å². The number of hydrogen-bond acceptors (Lipinski definition) is 4. The Morgan fingerprint density at radius 1 is 1.08 bits per heavy atom. The van der Waals surface area contributed by atoms with Crippen LogP contribution in [0.5, 0.6) is 5.75 Å². The average Bonchev–Trinajstić information content (AvgIpc) is 3.00. The molecule has 0 aliphatic carbocycles. The van der Waals surface area contributed by atoms with Crippen LogP contribution in [0.4, 0.5) is 0 Å². The number of carbonyl (C=O) groups is 2. The fourth-order valence-corrected chi connectivity index (χ4v) is 2.25. The highest BCUT2D eigenvalue weighted by molar-refractivity contribution is 5.96. The zero-order valence-corrected chi connectivity index (χ0v) is 15.2. The molecule has 2 aromatic rings. The summed E-state index contributed by atoms with van der Waals surface area (Å²) in [7, 11) is 0. The van der Waals surface area contributed by atoms with Crippen molar-refractivity contribution >= 4 is 11.8 Å². The van der Waals surface area contributed by atoms with E-state index in [1.165, 1.54) is 12.3 Å². The summed E-state index contributed by atoms with van der Waals surface area (Å²) in [6, 6.07) is 7.50. The predicted octanol–water partition coefficient (Wildman–Crippen LogP) is 3.25. The Labute approximate surface area is 147 Å². The van der Waals surface area contributed by atoms with Gasteiger partial charge in [-0.05, 0) is 49.9 Å². The number of aryl methyl sites for hydroxylation is 2. The number of benzene rings is 1. The number of ether oxygens (including phenoxy) is 1. The third-order valence-electron chi connectivity index (χ3n) is 3.95. The summed E-state index contributed by atoms with van der Waals surface area (Å²) < 4.78 is 10.8. The van der Waals surface area contributed by atoms with Crippen LogP contribution in [0.1, 0.15) is 53.9 Å². The SMILES string of the molecule is Cc1ccc(C(C)C)cc1O[C@H](C)C(=O)NNC(=O)c1ccoc1C. The maximum absolute atomic E-state index is 12.2. The van der Waals surface area contributed by atoms with E-state index in [0.717, 1.165) is 11.1 Å². The van der Waals surface area contributed by atoms with Crippen molar-refractivity contribution in [3.05, 3.63) is 53.0 Å². The number of rotatable bonds is 5. The summed E-state index contributed by atoms with van der Waals surface area (Å²) in [6.45, 7) is 9.42. The maximum Gasteiger partial charge on any atom is 0.279 e. The molecule has 1 atom stereocenters. The molecular formula is C19H24N2O4. The van der Waals surface area contributed by atoms with Crippen LogP contribution in [-0.2, 0) is 4.79 Å². The molecule has 2 N–H and O–H groups in total. The first-order valence-corrected chi connectivity index (χ1v) is 8.21. The summed E-state index contributed by atoms with van der Waals surface area (Å²) >= 11 is 0. The second-order valence-electron chi connectivity index (χ2n) is 6.27. The molecule has 25 heavy (non-hydrogen) atoms. The standard InChI is InChI=1S/C19H24N2O4/c1-11(2)15-7-6-12(3)17(10-15)25-14(5)18(22)20-21-19(23)16-8-9-24-13(16)4/h6-11,14H,1-5H3,(H,20,22)(H,21,23)/t14-/m1/s1. The van der Waals surface area contributed by atoms with Gasteiger partial charge in [-0.3, -0.25) is 20.4 Å². The number of carbonyl (C=O) groups excluding carboxylic acids is 2. The maximum atomic E-state index is 12.2. The zero-order valence-electron chi connectivity index (χ0n) is 15.2. The minimum atomic E-state index is -0.758. The number of nitrogens with one attached hydrogen (secondary N) is 2. The summed E-state index contributed by atoms with van der Waals surface area (Å²) in [6.07, 6.45) is 0.661. The van der Waals surface area contributed by atoms with Crippen LogP contribution in [0.2, 0.25) is 0 Å². The highest BCUT2D eigenvalue weighted by atomic mass is 16.5. The summed E-state index contributed by atoms with van der Waals surface area (Å²) in [5.41, 5.74) is 7.18. The molecule has 2 amide bonds. The van der Waals surface area contributed by atoms with E-state index in [1.807, 2.05) is 25.1 Å². The predicted molar refractivity (Wildman–Crippen MR) is 94.4 cm³/mol. The van der Waals surface area contributed by atoms with Crippen LogP contribution in [-0.4, -0.2) is 17.9 Å². The van der Waals surface area contributed by atoms with E-state index in [2.05, 4.69) is 24.7 Å². The largest absolute Gasteiger partial charge is 0.481 e. The molecule has 134 valence electrons. The van der Waals surface area contributed by atoms with Gasteiger partial charge in [0, 0.05) is 0 Å². The fourth-order valence-electron chi connectivity index (χ4n) is 2.25. The Balaban J connectivity index is 1.95. The molecule has 0 saturated heterocycles. The lowest BCUT2D eigenvalue weighted by Crippen LogP contribution is -2.47. The van der Waals surface area contributed by atoms with E-state index >= 15 is 0 Å². The van der Waals surface area contributed by atoms with Gasteiger partial charge in [0.2, 0.25) is 0 Å². The monoisotopic (exact) mass is 344 g/mol. The molecule has 1 aromatic carbocycles. The summed E-state index contributed by atoms with van der Waals surface area (Å²) in [5.74, 6) is 0.626. The van der Waals surface area contributed by atoms with Gasteiger partial charge >= 0.3 is 0 Å². The molecule has 1 aromatic heterocycles. The van der Waals surface area contributed by atoms with Crippen molar-refractivity contribution < 1.29 is 18.7 Å². The molecule has 0 fully saturated rings. The highest BCUT2D eigenvalue weighted by Gasteiger charge is 2.18. The zero-order chi connectivity index (χ0) is 18.6. The molecule has 0 saturated carbocycles. The van der Waals surface area contributed by atoms with Crippen LogP contribution in [0.15, 0.2) is 34.9 Å². The molecule has 0 aliphatic heterocycles. The lowest BCUT2D eigenvalue weighted by atomic mass is 10.0. The molecule has 1 heterocycles. The van der Waals surface area contributed by atoms with Crippen molar-refractivity contribution in [3.63, 3.8) is 0 Å². The Kier molecular flexibility index (Phi) is 5.85. The van der Waals surface area contributed by atoms with Gasteiger partial charge in [-0.25, -0.2) is 0 Å². The van der Waals surface area contributed by atoms with Crippen LogP contribution in [0, 0.1) is 13.8 Å². The highest BCUT2D eigenvalue weighted by Crippen LogP contribution is 2.25. The smallest absolute Gasteiger partial charge is 0.279 e. The van der Waals surface area contributed by atoms with Gasteiger partial charge in [0.05, 0.1) is 11.8 Å².